The molecule has 0 bridgehead atoms. The van der Waals surface area contributed by atoms with Gasteiger partial charge in [-0.1, -0.05) is 42.1 Å². The van der Waals surface area contributed by atoms with E-state index in [0.717, 1.165) is 11.0 Å². The quantitative estimate of drug-likeness (QED) is 0.391. The van der Waals surface area contributed by atoms with Crippen LogP contribution in [0.4, 0.5) is 5.69 Å². The summed E-state index contributed by atoms with van der Waals surface area (Å²) in [6.07, 6.45) is 3.34. The summed E-state index contributed by atoms with van der Waals surface area (Å²) < 4.78 is 3.43. The molecule has 8 nitrogen and oxygen atoms in total. The van der Waals surface area contributed by atoms with Crippen molar-refractivity contribution in [2.24, 2.45) is 7.05 Å². The molecule has 0 saturated carbocycles. The number of rotatable bonds is 6. The van der Waals surface area contributed by atoms with Gasteiger partial charge in [0, 0.05) is 13.5 Å². The van der Waals surface area contributed by atoms with Crippen LogP contribution in [0.1, 0.15) is 11.4 Å². The molecule has 0 amide bonds. The molecule has 2 aromatic heterocycles. The third-order valence-corrected chi connectivity index (χ3v) is 4.29. The first-order valence-electron chi connectivity index (χ1n) is 6.85. The van der Waals surface area contributed by atoms with Gasteiger partial charge in [0.25, 0.3) is 0 Å². The largest absolute Gasteiger partial charge is 0.309 e. The summed E-state index contributed by atoms with van der Waals surface area (Å²) in [5.41, 5.74) is 1.15. The lowest BCUT2D eigenvalue weighted by molar-refractivity contribution is -0.385. The van der Waals surface area contributed by atoms with Crippen LogP contribution in [0.5, 0.6) is 0 Å². The Balaban J connectivity index is 1.66. The zero-order valence-electron chi connectivity index (χ0n) is 12.4. The summed E-state index contributed by atoms with van der Waals surface area (Å²) in [6, 6.07) is 10.1. The van der Waals surface area contributed by atoms with E-state index >= 15 is 0 Å². The predicted octanol–water partition coefficient (Wildman–Crippen LogP) is 2.26. The Morgan fingerprint density at radius 3 is 2.74 bits per heavy atom. The minimum absolute atomic E-state index is 0.0201. The maximum absolute atomic E-state index is 10.6. The van der Waals surface area contributed by atoms with Crippen molar-refractivity contribution >= 4 is 17.4 Å². The first-order valence-corrected chi connectivity index (χ1v) is 7.84. The second-order valence-corrected chi connectivity index (χ2v) is 5.80. The molecule has 118 valence electrons. The predicted molar refractivity (Wildman–Crippen MR) is 85.0 cm³/mol. The highest BCUT2D eigenvalue weighted by Crippen LogP contribution is 2.20. The van der Waals surface area contributed by atoms with E-state index in [2.05, 4.69) is 15.3 Å². The average Bonchev–Trinajstić information content (AvgIpc) is 3.15. The highest BCUT2D eigenvalue weighted by molar-refractivity contribution is 7.98. The maximum Gasteiger partial charge on any atom is 0.307 e. The summed E-state index contributed by atoms with van der Waals surface area (Å²) in [5, 5.41) is 23.7. The van der Waals surface area contributed by atoms with Crippen LogP contribution in [0.3, 0.4) is 0 Å². The third kappa shape index (κ3) is 3.57. The van der Waals surface area contributed by atoms with E-state index < -0.39 is 4.92 Å². The number of aromatic nitrogens is 5. The van der Waals surface area contributed by atoms with Gasteiger partial charge in [-0.05, 0) is 5.56 Å². The van der Waals surface area contributed by atoms with Crippen molar-refractivity contribution in [3.63, 3.8) is 0 Å². The molecular formula is C14H14N6O2S. The van der Waals surface area contributed by atoms with Gasteiger partial charge in [-0.25, -0.2) is 0 Å². The second-order valence-electron chi connectivity index (χ2n) is 4.89. The molecule has 0 radical (unpaired) electrons. The van der Waals surface area contributed by atoms with Crippen molar-refractivity contribution in [3.05, 3.63) is 64.2 Å². The third-order valence-electron chi connectivity index (χ3n) is 3.29. The topological polar surface area (TPSA) is 91.7 Å². The van der Waals surface area contributed by atoms with Crippen molar-refractivity contribution in [1.82, 2.24) is 24.5 Å². The van der Waals surface area contributed by atoms with Crippen LogP contribution in [0.15, 0.2) is 47.9 Å². The number of nitro groups is 1. The van der Waals surface area contributed by atoms with E-state index in [1.165, 1.54) is 34.4 Å². The van der Waals surface area contributed by atoms with Crippen LogP contribution in [0.2, 0.25) is 0 Å². The molecule has 0 spiro atoms. The van der Waals surface area contributed by atoms with Crippen LogP contribution in [-0.4, -0.2) is 29.5 Å². The fraction of sp³-hybridized carbons (Fsp3) is 0.214. The van der Waals surface area contributed by atoms with Crippen molar-refractivity contribution < 1.29 is 4.92 Å². The van der Waals surface area contributed by atoms with E-state index in [1.54, 1.807) is 0 Å². The first kappa shape index (κ1) is 15.2. The van der Waals surface area contributed by atoms with E-state index in [0.29, 0.717) is 12.3 Å². The molecule has 1 aromatic carbocycles. The molecule has 23 heavy (non-hydrogen) atoms. The molecule has 0 fully saturated rings. The lowest BCUT2D eigenvalue weighted by Gasteiger charge is -2.04. The number of benzene rings is 1. The summed E-state index contributed by atoms with van der Waals surface area (Å²) in [5.74, 6) is 1.30. The summed E-state index contributed by atoms with van der Waals surface area (Å²) >= 11 is 1.42. The van der Waals surface area contributed by atoms with Crippen LogP contribution in [0.25, 0.3) is 0 Å². The molecule has 0 N–H and O–H groups in total. The van der Waals surface area contributed by atoms with Crippen LogP contribution in [0, 0.1) is 10.1 Å². The number of hydrogen-bond donors (Lipinski definition) is 0. The minimum Gasteiger partial charge on any atom is -0.309 e. The first-order chi connectivity index (χ1) is 11.1. The molecular weight excluding hydrogens is 316 g/mol. The standard InChI is InChI=1S/C14H14N6O2S/c1-18-13(7-11-5-3-2-4-6-11)16-17-14(18)23-10-19-9-12(8-15-19)20(21)22/h2-6,8-9H,7,10H2,1H3. The number of thioether (sulfide) groups is 1. The average molecular weight is 330 g/mol. The molecule has 0 aliphatic rings. The lowest BCUT2D eigenvalue weighted by atomic mass is 10.1. The zero-order chi connectivity index (χ0) is 16.2. The molecule has 0 atom stereocenters. The highest BCUT2D eigenvalue weighted by Gasteiger charge is 2.12. The van der Waals surface area contributed by atoms with Gasteiger partial charge in [-0.15, -0.1) is 10.2 Å². The highest BCUT2D eigenvalue weighted by atomic mass is 32.2. The van der Waals surface area contributed by atoms with Crippen molar-refractivity contribution in [2.75, 3.05) is 0 Å². The van der Waals surface area contributed by atoms with Gasteiger partial charge >= 0.3 is 5.69 Å². The Kier molecular flexibility index (Phi) is 4.38. The second kappa shape index (κ2) is 6.61. The molecule has 3 rings (SSSR count). The van der Waals surface area contributed by atoms with Crippen LogP contribution < -0.4 is 0 Å². The monoisotopic (exact) mass is 330 g/mol. The Bertz CT molecular complexity index is 814. The molecule has 0 aliphatic carbocycles. The lowest BCUT2D eigenvalue weighted by Crippen LogP contribution is -2.01. The van der Waals surface area contributed by atoms with Gasteiger partial charge in [0.2, 0.25) is 0 Å². The van der Waals surface area contributed by atoms with Crippen molar-refractivity contribution in [2.45, 2.75) is 17.5 Å². The molecule has 9 heteroatoms. The Morgan fingerprint density at radius 1 is 1.26 bits per heavy atom. The molecule has 2 heterocycles. The van der Waals surface area contributed by atoms with Crippen LogP contribution in [-0.2, 0) is 19.3 Å². The van der Waals surface area contributed by atoms with Gasteiger partial charge in [-0.3, -0.25) is 14.8 Å². The zero-order valence-corrected chi connectivity index (χ0v) is 13.2. The van der Waals surface area contributed by atoms with Gasteiger partial charge in [-0.2, -0.15) is 5.10 Å². The van der Waals surface area contributed by atoms with Gasteiger partial charge < -0.3 is 4.57 Å². The van der Waals surface area contributed by atoms with E-state index in [4.69, 9.17) is 0 Å². The Labute approximate surface area is 136 Å². The Hall–Kier alpha value is -2.68. The Morgan fingerprint density at radius 2 is 2.04 bits per heavy atom. The smallest absolute Gasteiger partial charge is 0.307 e. The molecule has 0 saturated heterocycles. The number of nitrogens with zero attached hydrogens (tertiary/aromatic N) is 6. The molecule has 3 aromatic rings. The fourth-order valence-electron chi connectivity index (χ4n) is 2.04. The summed E-state index contributed by atoms with van der Waals surface area (Å²) in [7, 11) is 1.91. The normalized spacial score (nSPS) is 10.8. The maximum atomic E-state index is 10.6. The molecule has 0 unspecified atom stereocenters. The fourth-order valence-corrected chi connectivity index (χ4v) is 2.83. The van der Waals surface area contributed by atoms with Gasteiger partial charge in [0.05, 0.1) is 10.8 Å². The van der Waals surface area contributed by atoms with Crippen molar-refractivity contribution in [1.29, 1.82) is 0 Å². The molecule has 0 aliphatic heterocycles. The van der Waals surface area contributed by atoms with Gasteiger partial charge in [0.1, 0.15) is 18.2 Å². The van der Waals surface area contributed by atoms with E-state index in [-0.39, 0.29) is 5.69 Å². The summed E-state index contributed by atoms with van der Waals surface area (Å²) in [6.45, 7) is 0. The van der Waals surface area contributed by atoms with E-state index in [1.807, 2.05) is 41.9 Å². The minimum atomic E-state index is -0.464. The van der Waals surface area contributed by atoms with E-state index in [9.17, 15) is 10.1 Å². The van der Waals surface area contributed by atoms with Crippen LogP contribution >= 0.6 is 11.8 Å². The van der Waals surface area contributed by atoms with Crippen molar-refractivity contribution in [3.8, 4) is 0 Å². The van der Waals surface area contributed by atoms with Gasteiger partial charge in [0.15, 0.2) is 5.16 Å². The number of hydrogen-bond acceptors (Lipinski definition) is 6. The SMILES string of the molecule is Cn1c(Cc2ccccc2)nnc1SCn1cc([N+](=O)[O-])cn1. The summed E-state index contributed by atoms with van der Waals surface area (Å²) in [4.78, 5) is 10.2.